The van der Waals surface area contributed by atoms with E-state index in [2.05, 4.69) is 9.71 Å². The second-order valence-corrected chi connectivity index (χ2v) is 5.84. The minimum absolute atomic E-state index is 0.234. The molecule has 19 heavy (non-hydrogen) atoms. The summed E-state index contributed by atoms with van der Waals surface area (Å²) in [5, 5.41) is 0. The summed E-state index contributed by atoms with van der Waals surface area (Å²) in [6.07, 6.45) is 2.77. The number of rotatable bonds is 5. The van der Waals surface area contributed by atoms with Crippen molar-refractivity contribution in [2.24, 2.45) is 0 Å². The number of benzene rings is 1. The third-order valence-corrected chi connectivity index (χ3v) is 2.97. The van der Waals surface area contributed by atoms with Crippen molar-refractivity contribution in [3.8, 4) is 11.6 Å². The molecule has 0 bridgehead atoms. The molecule has 0 aliphatic heterocycles. The van der Waals surface area contributed by atoms with Crippen LogP contribution in [-0.2, 0) is 16.6 Å². The van der Waals surface area contributed by atoms with E-state index in [1.165, 1.54) is 0 Å². The van der Waals surface area contributed by atoms with Crippen LogP contribution in [0.4, 0.5) is 0 Å². The first-order valence-electron chi connectivity index (χ1n) is 5.65. The second-order valence-electron chi connectivity index (χ2n) is 4.01. The highest BCUT2D eigenvalue weighted by molar-refractivity contribution is 7.88. The summed E-state index contributed by atoms with van der Waals surface area (Å²) < 4.78 is 30.0. The van der Waals surface area contributed by atoms with E-state index in [1.807, 2.05) is 12.1 Å². The fourth-order valence-corrected chi connectivity index (χ4v) is 1.89. The topological polar surface area (TPSA) is 68.3 Å². The lowest BCUT2D eigenvalue weighted by molar-refractivity contribution is 0.462. The molecular weight excluding hydrogens is 264 g/mol. The average Bonchev–Trinajstić information content (AvgIpc) is 2.37. The van der Waals surface area contributed by atoms with Gasteiger partial charge in [0, 0.05) is 18.8 Å². The molecule has 0 saturated heterocycles. The lowest BCUT2D eigenvalue weighted by atomic mass is 10.2. The standard InChI is InChI=1S/C13H14N2O3S/c1-19(16,17)15-10-11-5-4-6-12(9-11)18-13-7-2-3-8-14-13/h2-9,15H,10H2,1H3. The van der Waals surface area contributed by atoms with Crippen LogP contribution in [0.15, 0.2) is 48.7 Å². The van der Waals surface area contributed by atoms with Gasteiger partial charge in [-0.05, 0) is 23.8 Å². The van der Waals surface area contributed by atoms with Crippen molar-refractivity contribution in [1.29, 1.82) is 0 Å². The van der Waals surface area contributed by atoms with Crippen molar-refractivity contribution in [2.45, 2.75) is 6.54 Å². The first-order chi connectivity index (χ1) is 9.03. The molecule has 0 atom stereocenters. The van der Waals surface area contributed by atoms with Crippen LogP contribution in [0.2, 0.25) is 0 Å². The Bertz CT molecular complexity index is 642. The smallest absolute Gasteiger partial charge is 0.219 e. The van der Waals surface area contributed by atoms with Crippen molar-refractivity contribution >= 4 is 10.0 Å². The summed E-state index contributed by atoms with van der Waals surface area (Å²) in [4.78, 5) is 4.06. The SMILES string of the molecule is CS(=O)(=O)NCc1cccc(Oc2ccccn2)c1. The molecule has 0 aliphatic rings. The van der Waals surface area contributed by atoms with Gasteiger partial charge in [0.05, 0.1) is 6.26 Å². The van der Waals surface area contributed by atoms with Gasteiger partial charge < -0.3 is 4.74 Å². The van der Waals surface area contributed by atoms with E-state index in [1.54, 1.807) is 36.5 Å². The molecule has 5 nitrogen and oxygen atoms in total. The maximum absolute atomic E-state index is 11.0. The van der Waals surface area contributed by atoms with Crippen molar-refractivity contribution in [2.75, 3.05) is 6.26 Å². The normalized spacial score (nSPS) is 11.2. The Morgan fingerprint density at radius 1 is 1.21 bits per heavy atom. The van der Waals surface area contributed by atoms with Crippen molar-refractivity contribution in [3.05, 3.63) is 54.2 Å². The second kappa shape index (κ2) is 5.81. The maximum Gasteiger partial charge on any atom is 0.219 e. The fourth-order valence-electron chi connectivity index (χ4n) is 1.46. The Hall–Kier alpha value is -1.92. The van der Waals surface area contributed by atoms with Crippen LogP contribution in [0.5, 0.6) is 11.6 Å². The molecule has 0 spiro atoms. The zero-order chi connectivity index (χ0) is 13.7. The first-order valence-corrected chi connectivity index (χ1v) is 7.54. The number of hydrogen-bond acceptors (Lipinski definition) is 4. The van der Waals surface area contributed by atoms with E-state index in [9.17, 15) is 8.42 Å². The van der Waals surface area contributed by atoms with Gasteiger partial charge in [-0.25, -0.2) is 18.1 Å². The summed E-state index contributed by atoms with van der Waals surface area (Å²) in [7, 11) is -3.20. The van der Waals surface area contributed by atoms with Crippen molar-refractivity contribution < 1.29 is 13.2 Å². The van der Waals surface area contributed by atoms with E-state index in [0.717, 1.165) is 11.8 Å². The Labute approximate surface area is 112 Å². The zero-order valence-electron chi connectivity index (χ0n) is 10.4. The minimum atomic E-state index is -3.20. The van der Waals surface area contributed by atoms with Gasteiger partial charge in [-0.15, -0.1) is 0 Å². The Morgan fingerprint density at radius 2 is 2.05 bits per heavy atom. The molecule has 0 aliphatic carbocycles. The number of aromatic nitrogens is 1. The lowest BCUT2D eigenvalue weighted by Crippen LogP contribution is -2.21. The molecular formula is C13H14N2O3S. The molecule has 6 heteroatoms. The fraction of sp³-hybridized carbons (Fsp3) is 0.154. The Kier molecular flexibility index (Phi) is 4.13. The number of nitrogens with one attached hydrogen (secondary N) is 1. The van der Waals surface area contributed by atoms with E-state index >= 15 is 0 Å². The summed E-state index contributed by atoms with van der Waals surface area (Å²) in [6.45, 7) is 0.234. The first kappa shape index (κ1) is 13.5. The van der Waals surface area contributed by atoms with Crippen LogP contribution in [0.1, 0.15) is 5.56 Å². The molecule has 0 unspecified atom stereocenters. The molecule has 2 aromatic rings. The minimum Gasteiger partial charge on any atom is -0.439 e. The van der Waals surface area contributed by atoms with Gasteiger partial charge in [-0.1, -0.05) is 18.2 Å². The number of sulfonamides is 1. The maximum atomic E-state index is 11.0. The molecule has 0 radical (unpaired) electrons. The monoisotopic (exact) mass is 278 g/mol. The van der Waals surface area contributed by atoms with Crippen LogP contribution in [0, 0.1) is 0 Å². The number of hydrogen-bond donors (Lipinski definition) is 1. The molecule has 1 N–H and O–H groups in total. The van der Waals surface area contributed by atoms with Crippen molar-refractivity contribution in [3.63, 3.8) is 0 Å². The molecule has 100 valence electrons. The molecule has 0 amide bonds. The van der Waals surface area contributed by atoms with Gasteiger partial charge in [0.2, 0.25) is 15.9 Å². The highest BCUT2D eigenvalue weighted by Crippen LogP contribution is 2.19. The van der Waals surface area contributed by atoms with Gasteiger partial charge in [0.25, 0.3) is 0 Å². The highest BCUT2D eigenvalue weighted by Gasteiger charge is 2.03. The van der Waals surface area contributed by atoms with Crippen LogP contribution in [0.3, 0.4) is 0 Å². The molecule has 0 saturated carbocycles. The quantitative estimate of drug-likeness (QED) is 0.907. The number of ether oxygens (including phenoxy) is 1. The predicted molar refractivity (Wildman–Crippen MR) is 72.4 cm³/mol. The van der Waals surface area contributed by atoms with Crippen LogP contribution >= 0.6 is 0 Å². The molecule has 0 fully saturated rings. The van der Waals surface area contributed by atoms with Gasteiger partial charge >= 0.3 is 0 Å². The van der Waals surface area contributed by atoms with Crippen molar-refractivity contribution in [1.82, 2.24) is 9.71 Å². The largest absolute Gasteiger partial charge is 0.439 e. The Morgan fingerprint density at radius 3 is 2.74 bits per heavy atom. The average molecular weight is 278 g/mol. The van der Waals surface area contributed by atoms with Crippen LogP contribution in [-0.4, -0.2) is 19.7 Å². The third-order valence-electron chi connectivity index (χ3n) is 2.30. The number of pyridine rings is 1. The van der Waals surface area contributed by atoms with Gasteiger partial charge in [0.15, 0.2) is 0 Å². The molecule has 1 aromatic carbocycles. The van der Waals surface area contributed by atoms with E-state index in [0.29, 0.717) is 11.6 Å². The number of nitrogens with zero attached hydrogens (tertiary/aromatic N) is 1. The summed E-state index contributed by atoms with van der Waals surface area (Å²) in [6, 6.07) is 12.6. The highest BCUT2D eigenvalue weighted by atomic mass is 32.2. The summed E-state index contributed by atoms with van der Waals surface area (Å²) >= 11 is 0. The van der Waals surface area contributed by atoms with E-state index in [-0.39, 0.29) is 6.54 Å². The summed E-state index contributed by atoms with van der Waals surface area (Å²) in [5.74, 6) is 1.11. The summed E-state index contributed by atoms with van der Waals surface area (Å²) in [5.41, 5.74) is 0.818. The molecule has 1 aromatic heterocycles. The zero-order valence-corrected chi connectivity index (χ0v) is 11.2. The predicted octanol–water partition coefficient (Wildman–Crippen LogP) is 1.92. The van der Waals surface area contributed by atoms with Crippen LogP contribution < -0.4 is 9.46 Å². The van der Waals surface area contributed by atoms with Gasteiger partial charge in [-0.2, -0.15) is 0 Å². The Balaban J connectivity index is 2.07. The lowest BCUT2D eigenvalue weighted by Gasteiger charge is -2.07. The third kappa shape index (κ3) is 4.69. The molecule has 1 heterocycles. The van der Waals surface area contributed by atoms with Gasteiger partial charge in [-0.3, -0.25) is 0 Å². The van der Waals surface area contributed by atoms with Crippen LogP contribution in [0.25, 0.3) is 0 Å². The van der Waals surface area contributed by atoms with E-state index < -0.39 is 10.0 Å². The molecule has 2 rings (SSSR count). The van der Waals surface area contributed by atoms with Gasteiger partial charge in [0.1, 0.15) is 5.75 Å². The van der Waals surface area contributed by atoms with E-state index in [4.69, 9.17) is 4.74 Å².